The van der Waals surface area contributed by atoms with E-state index in [1.54, 1.807) is 0 Å². The second-order valence-electron chi connectivity index (χ2n) is 5.85. The number of phenolic OH excluding ortho intramolecular Hbond substituents is 1. The second-order valence-corrected chi connectivity index (χ2v) is 5.85. The van der Waals surface area contributed by atoms with Crippen molar-refractivity contribution in [3.8, 4) is 17.2 Å². The largest absolute Gasteiger partial charge is 0.504 e. The van der Waals surface area contributed by atoms with Crippen LogP contribution in [0.15, 0.2) is 0 Å². The van der Waals surface area contributed by atoms with Gasteiger partial charge in [-0.15, -0.1) is 0 Å². The van der Waals surface area contributed by atoms with E-state index in [1.165, 1.54) is 0 Å². The van der Waals surface area contributed by atoms with Crippen molar-refractivity contribution in [2.24, 2.45) is 0 Å². The number of hydrogen-bond acceptors (Lipinski definition) is 5. The minimum absolute atomic E-state index is 0.0124. The zero-order chi connectivity index (χ0) is 14.2. The van der Waals surface area contributed by atoms with Crippen LogP contribution in [0.25, 0.3) is 0 Å². The Morgan fingerprint density at radius 3 is 2.48 bits per heavy atom. The van der Waals surface area contributed by atoms with E-state index in [0.29, 0.717) is 25.6 Å². The molecule has 0 spiro atoms. The lowest BCUT2D eigenvalue weighted by Crippen LogP contribution is -2.34. The Balaban J connectivity index is 1.89. The van der Waals surface area contributed by atoms with Crippen molar-refractivity contribution in [1.82, 2.24) is 5.32 Å². The topological polar surface area (TPSA) is 60.0 Å². The fourth-order valence-electron chi connectivity index (χ4n) is 3.55. The number of rotatable bonds is 1. The summed E-state index contributed by atoms with van der Waals surface area (Å²) < 4.78 is 17.7. The van der Waals surface area contributed by atoms with Gasteiger partial charge in [-0.05, 0) is 25.7 Å². The second kappa shape index (κ2) is 5.39. The third-order valence-electron chi connectivity index (χ3n) is 4.50. The average molecular weight is 291 g/mol. The molecule has 2 N–H and O–H groups in total. The van der Waals surface area contributed by atoms with E-state index >= 15 is 0 Å². The number of fused-ring (bicyclic) bond motifs is 2. The van der Waals surface area contributed by atoms with Gasteiger partial charge in [0.2, 0.25) is 0 Å². The van der Waals surface area contributed by atoms with Crippen molar-refractivity contribution in [2.45, 2.75) is 31.8 Å². The van der Waals surface area contributed by atoms with Crippen LogP contribution in [0.3, 0.4) is 0 Å². The molecule has 5 nitrogen and oxygen atoms in total. The highest BCUT2D eigenvalue weighted by Gasteiger charge is 2.33. The lowest BCUT2D eigenvalue weighted by molar-refractivity contribution is 0.0244. The van der Waals surface area contributed by atoms with Crippen LogP contribution < -0.4 is 14.8 Å². The Hall–Kier alpha value is -1.46. The van der Waals surface area contributed by atoms with Gasteiger partial charge in [0.05, 0.1) is 25.9 Å². The van der Waals surface area contributed by atoms with Crippen LogP contribution in [-0.4, -0.2) is 38.0 Å². The number of benzene rings is 1. The van der Waals surface area contributed by atoms with Crippen LogP contribution in [0.5, 0.6) is 17.2 Å². The van der Waals surface area contributed by atoms with Crippen LogP contribution in [0, 0.1) is 0 Å². The van der Waals surface area contributed by atoms with E-state index in [2.05, 4.69) is 5.32 Å². The Bertz CT molecular complexity index is 515. The first-order valence-electron chi connectivity index (χ1n) is 7.84. The van der Waals surface area contributed by atoms with Gasteiger partial charge in [0.1, 0.15) is 5.75 Å². The lowest BCUT2D eigenvalue weighted by atomic mass is 9.89. The molecular weight excluding hydrogens is 270 g/mol. The third kappa shape index (κ3) is 2.15. The summed E-state index contributed by atoms with van der Waals surface area (Å²) in [6.07, 6.45) is 3.64. The maximum Gasteiger partial charge on any atom is 0.165 e. The minimum atomic E-state index is -0.0124. The molecule has 1 aromatic rings. The smallest absolute Gasteiger partial charge is 0.165 e. The molecule has 0 bridgehead atoms. The first-order chi connectivity index (χ1) is 10.4. The molecular formula is C16H21NO4. The minimum Gasteiger partial charge on any atom is -0.504 e. The monoisotopic (exact) mass is 291 g/mol. The molecule has 3 heterocycles. The summed E-state index contributed by atoms with van der Waals surface area (Å²) in [5, 5.41) is 13.9. The Kier molecular flexibility index (Phi) is 3.39. The van der Waals surface area contributed by atoms with E-state index in [0.717, 1.165) is 61.2 Å². The highest BCUT2D eigenvalue weighted by atomic mass is 16.5. The molecule has 3 aliphatic heterocycles. The zero-order valence-electron chi connectivity index (χ0n) is 12.1. The Morgan fingerprint density at radius 2 is 1.71 bits per heavy atom. The molecule has 0 radical (unpaired) electrons. The summed E-state index contributed by atoms with van der Waals surface area (Å²) in [6, 6.07) is 0. The number of hydrogen-bond donors (Lipinski definition) is 2. The van der Waals surface area contributed by atoms with Gasteiger partial charge < -0.3 is 24.6 Å². The van der Waals surface area contributed by atoms with E-state index in [4.69, 9.17) is 14.2 Å². The quantitative estimate of drug-likeness (QED) is 0.825. The molecule has 1 unspecified atom stereocenters. The van der Waals surface area contributed by atoms with Gasteiger partial charge in [-0.3, -0.25) is 0 Å². The number of ether oxygens (including phenoxy) is 3. The number of morpholine rings is 1. The van der Waals surface area contributed by atoms with Gasteiger partial charge in [-0.2, -0.15) is 0 Å². The van der Waals surface area contributed by atoms with Crippen molar-refractivity contribution in [3.63, 3.8) is 0 Å². The van der Waals surface area contributed by atoms with E-state index < -0.39 is 0 Å². The van der Waals surface area contributed by atoms with Crippen LogP contribution >= 0.6 is 0 Å². The maximum absolute atomic E-state index is 10.5. The van der Waals surface area contributed by atoms with Crippen molar-refractivity contribution in [2.75, 3.05) is 32.9 Å². The first-order valence-corrected chi connectivity index (χ1v) is 7.84. The van der Waals surface area contributed by atoms with Crippen molar-refractivity contribution >= 4 is 0 Å². The fraction of sp³-hybridized carbons (Fsp3) is 0.625. The zero-order valence-corrected chi connectivity index (χ0v) is 12.1. The average Bonchev–Trinajstić information content (AvgIpc) is 2.56. The molecule has 114 valence electrons. The normalized spacial score (nSPS) is 24.5. The highest BCUT2D eigenvalue weighted by Crippen LogP contribution is 2.50. The van der Waals surface area contributed by atoms with Gasteiger partial charge in [0, 0.05) is 29.8 Å². The first kappa shape index (κ1) is 13.2. The molecule has 21 heavy (non-hydrogen) atoms. The molecule has 0 saturated carbocycles. The molecule has 1 fully saturated rings. The van der Waals surface area contributed by atoms with Gasteiger partial charge in [-0.25, -0.2) is 0 Å². The summed E-state index contributed by atoms with van der Waals surface area (Å²) in [4.78, 5) is 0. The van der Waals surface area contributed by atoms with Gasteiger partial charge in [0.25, 0.3) is 0 Å². The van der Waals surface area contributed by atoms with Crippen LogP contribution in [-0.2, 0) is 17.6 Å². The summed E-state index contributed by atoms with van der Waals surface area (Å²) in [7, 11) is 0. The SMILES string of the molecule is Oc1c2c(c(C3CNCCO3)c3c1OCCC3)OCCC2. The van der Waals surface area contributed by atoms with Gasteiger partial charge in [0.15, 0.2) is 11.5 Å². The molecule has 1 saturated heterocycles. The number of nitrogens with one attached hydrogen (secondary N) is 1. The third-order valence-corrected chi connectivity index (χ3v) is 4.50. The molecule has 0 aliphatic carbocycles. The van der Waals surface area contributed by atoms with Crippen LogP contribution in [0.4, 0.5) is 0 Å². The molecule has 1 aromatic carbocycles. The summed E-state index contributed by atoms with van der Waals surface area (Å²) in [6.45, 7) is 3.75. The van der Waals surface area contributed by atoms with Crippen molar-refractivity contribution < 1.29 is 19.3 Å². The van der Waals surface area contributed by atoms with E-state index in [1.807, 2.05) is 0 Å². The van der Waals surface area contributed by atoms with Gasteiger partial charge >= 0.3 is 0 Å². The lowest BCUT2D eigenvalue weighted by Gasteiger charge is -2.33. The summed E-state index contributed by atoms with van der Waals surface area (Å²) in [5.74, 6) is 1.79. The number of phenols is 1. The predicted molar refractivity (Wildman–Crippen MR) is 77.3 cm³/mol. The summed E-state index contributed by atoms with van der Waals surface area (Å²) >= 11 is 0. The Morgan fingerprint density at radius 1 is 0.952 bits per heavy atom. The molecule has 4 rings (SSSR count). The summed E-state index contributed by atoms with van der Waals surface area (Å²) in [5.41, 5.74) is 3.07. The van der Waals surface area contributed by atoms with Crippen LogP contribution in [0.1, 0.15) is 35.6 Å². The maximum atomic E-state index is 10.5. The van der Waals surface area contributed by atoms with E-state index in [-0.39, 0.29) is 11.9 Å². The predicted octanol–water partition coefficient (Wildman–Crippen LogP) is 1.70. The number of aromatic hydroxyl groups is 1. The van der Waals surface area contributed by atoms with Crippen molar-refractivity contribution in [3.05, 3.63) is 16.7 Å². The molecule has 3 aliphatic rings. The van der Waals surface area contributed by atoms with E-state index in [9.17, 15) is 5.11 Å². The molecule has 0 aromatic heterocycles. The standard InChI is InChI=1S/C16H21NO4/c18-14-11-4-2-6-20-15(11)13(12-9-17-5-8-19-12)10-3-1-7-21-16(10)14/h12,17-18H,1-9H2. The molecule has 5 heteroatoms. The van der Waals surface area contributed by atoms with Gasteiger partial charge in [-0.1, -0.05) is 0 Å². The van der Waals surface area contributed by atoms with Crippen molar-refractivity contribution in [1.29, 1.82) is 0 Å². The molecule has 0 amide bonds. The fourth-order valence-corrected chi connectivity index (χ4v) is 3.55. The van der Waals surface area contributed by atoms with Crippen LogP contribution in [0.2, 0.25) is 0 Å². The Labute approximate surface area is 124 Å². The molecule has 1 atom stereocenters. The highest BCUT2D eigenvalue weighted by molar-refractivity contribution is 5.64.